The predicted molar refractivity (Wildman–Crippen MR) is 246 cm³/mol. The van der Waals surface area contributed by atoms with Crippen LogP contribution >= 0.6 is 0 Å². The molecule has 6 aliphatic carbocycles. The van der Waals surface area contributed by atoms with Crippen molar-refractivity contribution < 1.29 is 0 Å². The van der Waals surface area contributed by atoms with Gasteiger partial charge in [0, 0.05) is 33.7 Å². The first-order chi connectivity index (χ1) is 28.6. The Kier molecular flexibility index (Phi) is 8.69. The fourth-order valence-corrected chi connectivity index (χ4v) is 10.7. The summed E-state index contributed by atoms with van der Waals surface area (Å²) in [6, 6.07) is 22.0. The molecule has 0 amide bonds. The fraction of sp³-hybridized carbons (Fsp3) is 0.214. The van der Waals surface area contributed by atoms with Gasteiger partial charge in [-0.2, -0.15) is 0 Å². The molecule has 2 aromatic heterocycles. The second-order valence-corrected chi connectivity index (χ2v) is 16.9. The van der Waals surface area contributed by atoms with Crippen LogP contribution in [-0.4, -0.2) is 9.97 Å². The zero-order chi connectivity index (χ0) is 38.7. The van der Waals surface area contributed by atoms with Crippen molar-refractivity contribution in [3.05, 3.63) is 195 Å². The molecule has 58 heavy (non-hydrogen) atoms. The lowest BCUT2D eigenvalue weighted by atomic mass is 9.66. The van der Waals surface area contributed by atoms with E-state index in [0.717, 1.165) is 73.1 Å². The summed E-state index contributed by atoms with van der Waals surface area (Å²) in [5.74, 6) is 1.000. The van der Waals surface area contributed by atoms with Crippen molar-refractivity contribution >= 4 is 51.0 Å². The van der Waals surface area contributed by atoms with Crippen LogP contribution in [0.5, 0.6) is 0 Å². The van der Waals surface area contributed by atoms with E-state index >= 15 is 0 Å². The highest BCUT2D eigenvalue weighted by Gasteiger charge is 2.37. The van der Waals surface area contributed by atoms with Gasteiger partial charge in [0.1, 0.15) is 0 Å². The minimum atomic E-state index is 0.270. The van der Waals surface area contributed by atoms with Crippen LogP contribution in [0, 0.1) is 11.8 Å². The molecule has 2 heteroatoms. The van der Waals surface area contributed by atoms with Crippen molar-refractivity contribution in [1.29, 1.82) is 0 Å². The Bertz CT molecular complexity index is 2880. The van der Waals surface area contributed by atoms with Gasteiger partial charge >= 0.3 is 0 Å². The van der Waals surface area contributed by atoms with E-state index in [1.54, 1.807) is 0 Å². The Hall–Kier alpha value is -6.12. The van der Waals surface area contributed by atoms with Gasteiger partial charge in [-0.1, -0.05) is 134 Å². The number of rotatable bonds is 5. The third-order valence-corrected chi connectivity index (χ3v) is 13.4. The van der Waals surface area contributed by atoms with Crippen LogP contribution in [0.2, 0.25) is 0 Å². The lowest BCUT2D eigenvalue weighted by molar-refractivity contribution is 0.621. The Balaban J connectivity index is 1.11. The van der Waals surface area contributed by atoms with Crippen LogP contribution in [0.25, 0.3) is 62.3 Å². The maximum Gasteiger partial charge on any atom is 0.0788 e. The van der Waals surface area contributed by atoms with Gasteiger partial charge in [0.05, 0.1) is 22.6 Å². The molecule has 2 nitrogen and oxygen atoms in total. The topological polar surface area (TPSA) is 25.8 Å². The first-order valence-corrected chi connectivity index (χ1v) is 21.5. The summed E-state index contributed by atoms with van der Waals surface area (Å²) >= 11 is 0. The number of aryl methyl sites for hydroxylation is 1. The lowest BCUT2D eigenvalue weighted by Gasteiger charge is -2.38. The van der Waals surface area contributed by atoms with Crippen molar-refractivity contribution in [2.75, 3.05) is 0 Å². The summed E-state index contributed by atoms with van der Waals surface area (Å²) in [5.41, 5.74) is 20.9. The minimum Gasteiger partial charge on any atom is -0.247 e. The van der Waals surface area contributed by atoms with Crippen LogP contribution in [0.4, 0.5) is 0 Å². The molecular weight excluding hydrogens is 701 g/mol. The van der Waals surface area contributed by atoms with Crippen LogP contribution in [0.1, 0.15) is 96.6 Å². The molecule has 6 aliphatic rings. The van der Waals surface area contributed by atoms with E-state index < -0.39 is 0 Å². The molecule has 5 aromatic rings. The van der Waals surface area contributed by atoms with Gasteiger partial charge < -0.3 is 0 Å². The zero-order valence-electron chi connectivity index (χ0n) is 33.5. The average molecular weight is 749 g/mol. The largest absolute Gasteiger partial charge is 0.247 e. The van der Waals surface area contributed by atoms with Gasteiger partial charge in [0.2, 0.25) is 0 Å². The highest BCUT2D eigenvalue weighted by molar-refractivity contribution is 6.15. The van der Waals surface area contributed by atoms with Crippen LogP contribution < -0.4 is 0 Å². The summed E-state index contributed by atoms with van der Waals surface area (Å²) in [5, 5.41) is 3.85. The van der Waals surface area contributed by atoms with Crippen molar-refractivity contribution in [3.8, 4) is 11.3 Å². The predicted octanol–water partition coefficient (Wildman–Crippen LogP) is 14.3. The van der Waals surface area contributed by atoms with Crippen molar-refractivity contribution in [3.63, 3.8) is 0 Å². The zero-order valence-corrected chi connectivity index (χ0v) is 33.5. The van der Waals surface area contributed by atoms with Crippen LogP contribution in [0.3, 0.4) is 0 Å². The molecule has 2 heterocycles. The number of allylic oxidation sites excluding steroid dienone is 17. The Morgan fingerprint density at radius 3 is 2.38 bits per heavy atom. The quantitative estimate of drug-likeness (QED) is 0.167. The minimum absolute atomic E-state index is 0.270. The average Bonchev–Trinajstić information content (AvgIpc) is 3.28. The van der Waals surface area contributed by atoms with E-state index in [9.17, 15) is 0 Å². The molecule has 0 radical (unpaired) electrons. The maximum atomic E-state index is 5.57. The Morgan fingerprint density at radius 1 is 0.690 bits per heavy atom. The maximum absolute atomic E-state index is 5.57. The normalized spacial score (nSPS) is 21.8. The number of pyridine rings is 2. The first-order valence-electron chi connectivity index (χ1n) is 21.5. The van der Waals surface area contributed by atoms with E-state index in [-0.39, 0.29) is 11.8 Å². The Morgan fingerprint density at radius 2 is 1.52 bits per heavy atom. The molecule has 0 saturated heterocycles. The van der Waals surface area contributed by atoms with Crippen LogP contribution in [-0.2, 0) is 12.8 Å². The molecular formula is C56H48N2. The monoisotopic (exact) mass is 748 g/mol. The molecule has 282 valence electrons. The number of nitrogens with zero attached hydrogens (tertiary/aromatic N) is 2. The second kappa shape index (κ2) is 14.4. The van der Waals surface area contributed by atoms with E-state index in [2.05, 4.69) is 166 Å². The van der Waals surface area contributed by atoms with Gasteiger partial charge in [-0.25, -0.2) is 9.97 Å². The van der Waals surface area contributed by atoms with Gasteiger partial charge in [-0.3, -0.25) is 0 Å². The van der Waals surface area contributed by atoms with Gasteiger partial charge in [-0.05, 0) is 143 Å². The van der Waals surface area contributed by atoms with Crippen molar-refractivity contribution in [2.45, 2.75) is 64.7 Å². The summed E-state index contributed by atoms with van der Waals surface area (Å²) in [4.78, 5) is 10.9. The molecule has 0 bridgehead atoms. The summed E-state index contributed by atoms with van der Waals surface area (Å²) in [6.45, 7) is 4.50. The number of aromatic nitrogens is 2. The molecule has 0 spiro atoms. The van der Waals surface area contributed by atoms with Gasteiger partial charge in [0.15, 0.2) is 0 Å². The van der Waals surface area contributed by atoms with Crippen molar-refractivity contribution in [1.82, 2.24) is 9.97 Å². The third kappa shape index (κ3) is 5.76. The van der Waals surface area contributed by atoms with Crippen LogP contribution in [0.15, 0.2) is 150 Å². The van der Waals surface area contributed by atoms with Gasteiger partial charge in [0.25, 0.3) is 0 Å². The van der Waals surface area contributed by atoms with E-state index in [1.165, 1.54) is 77.4 Å². The highest BCUT2D eigenvalue weighted by Crippen LogP contribution is 2.51. The van der Waals surface area contributed by atoms with E-state index in [0.29, 0.717) is 5.92 Å². The molecule has 0 N–H and O–H groups in total. The SMILES string of the molecule is C/C=C\C1=Cc2nc(C3=CCCC=C3)c3c(c2CC1C)C1C=CC=CC1C(C1=CC(c2cc4c(-c5ccccc5)nc5ccccc5c4c4c2C=CCC4)=CCC1)=C3. The first kappa shape index (κ1) is 35.1. The standard InChI is InChI=1S/C56H48N2/c1-3-17-38-32-52-48(30-35(38)2)54-44-27-13-11-25-42(44)47(34-50(54)56(58-52)37-20-8-5-9-21-37)40-23-16-22-39(31-40)46-33-49-53(43-26-12-10-24-41(43)46)45-28-14-15-29-51(45)57-55(49)36-18-6-4-7-19-36/h3-4,6-8,10-11,13-15,17-22,24-25,27-29,31-35,42,44H,5,9,12,16,23,26,30H2,1-2H3/b17-3-. The molecule has 0 aliphatic heterocycles. The Labute approximate surface area is 342 Å². The molecule has 11 rings (SSSR count). The fourth-order valence-electron chi connectivity index (χ4n) is 10.7. The molecule has 3 atom stereocenters. The van der Waals surface area contributed by atoms with Crippen molar-refractivity contribution in [2.24, 2.45) is 11.8 Å². The van der Waals surface area contributed by atoms with E-state index in [4.69, 9.17) is 9.97 Å². The summed E-state index contributed by atoms with van der Waals surface area (Å²) in [6.07, 6.45) is 43.1. The number of hydrogen-bond donors (Lipinski definition) is 0. The molecule has 3 aromatic carbocycles. The van der Waals surface area contributed by atoms with E-state index in [1.807, 2.05) is 0 Å². The second-order valence-electron chi connectivity index (χ2n) is 16.9. The van der Waals surface area contributed by atoms with Gasteiger partial charge in [-0.15, -0.1) is 0 Å². The number of benzene rings is 3. The number of hydrogen-bond acceptors (Lipinski definition) is 2. The smallest absolute Gasteiger partial charge is 0.0788 e. The highest BCUT2D eigenvalue weighted by atomic mass is 14.7. The number of para-hydroxylation sites is 1. The summed E-state index contributed by atoms with van der Waals surface area (Å²) in [7, 11) is 0. The summed E-state index contributed by atoms with van der Waals surface area (Å²) < 4.78 is 0. The molecule has 0 saturated carbocycles. The third-order valence-electron chi connectivity index (χ3n) is 13.4. The lowest BCUT2D eigenvalue weighted by Crippen LogP contribution is -2.25. The molecule has 0 fully saturated rings. The number of fused-ring (bicyclic) bond motifs is 10. The molecule has 3 unspecified atom stereocenters.